The number of nitrogens with zero attached hydrogens (tertiary/aromatic N) is 1. The third-order valence-corrected chi connectivity index (χ3v) is 4.43. The van der Waals surface area contributed by atoms with Crippen molar-refractivity contribution in [2.75, 3.05) is 13.1 Å². The van der Waals surface area contributed by atoms with Gasteiger partial charge in [-0.1, -0.05) is 44.2 Å². The van der Waals surface area contributed by atoms with Crippen LogP contribution in [0.4, 0.5) is 0 Å². The summed E-state index contributed by atoms with van der Waals surface area (Å²) in [4.78, 5) is 26.2. The van der Waals surface area contributed by atoms with E-state index in [1.54, 1.807) is 0 Å². The van der Waals surface area contributed by atoms with Crippen molar-refractivity contribution in [3.63, 3.8) is 0 Å². The Bertz CT molecular complexity index is 527. The van der Waals surface area contributed by atoms with Crippen LogP contribution in [0.15, 0.2) is 30.3 Å². The molecule has 1 aliphatic heterocycles. The van der Waals surface area contributed by atoms with Crippen LogP contribution in [0, 0.1) is 11.3 Å². The summed E-state index contributed by atoms with van der Waals surface area (Å²) in [6, 6.07) is 10.2. The predicted octanol–water partition coefficient (Wildman–Crippen LogP) is 2.37. The topological polar surface area (TPSA) is 63.4 Å². The van der Waals surface area contributed by atoms with Crippen LogP contribution >= 0.6 is 0 Å². The molecule has 0 aromatic heterocycles. The summed E-state index contributed by atoms with van der Waals surface area (Å²) < 4.78 is 0. The number of carbonyl (C=O) groups excluding carboxylic acids is 2. The molecule has 0 spiro atoms. The number of hydrogen-bond acceptors (Lipinski definition) is 2. The Morgan fingerprint density at radius 3 is 2.59 bits per heavy atom. The van der Waals surface area contributed by atoms with Crippen molar-refractivity contribution in [2.45, 2.75) is 39.5 Å². The van der Waals surface area contributed by atoms with Gasteiger partial charge < -0.3 is 10.6 Å². The average molecular weight is 302 g/mol. The van der Waals surface area contributed by atoms with Gasteiger partial charge >= 0.3 is 0 Å². The molecule has 2 N–H and O–H groups in total. The maximum atomic E-state index is 12.8. The Morgan fingerprint density at radius 1 is 1.32 bits per heavy atom. The van der Waals surface area contributed by atoms with Crippen molar-refractivity contribution in [2.24, 2.45) is 17.1 Å². The summed E-state index contributed by atoms with van der Waals surface area (Å²) in [5.41, 5.74) is 6.05. The Morgan fingerprint density at radius 2 is 2.00 bits per heavy atom. The molecule has 0 bridgehead atoms. The first kappa shape index (κ1) is 16.5. The molecule has 1 fully saturated rings. The van der Waals surface area contributed by atoms with E-state index in [1.165, 1.54) is 5.56 Å². The van der Waals surface area contributed by atoms with Crippen molar-refractivity contribution in [3.8, 4) is 0 Å². The minimum Gasteiger partial charge on any atom is -0.370 e. The lowest BCUT2D eigenvalue weighted by Crippen LogP contribution is -2.39. The van der Waals surface area contributed by atoms with Gasteiger partial charge in [0.15, 0.2) is 0 Å². The molecular formula is C18H26N2O2. The molecule has 1 saturated heterocycles. The van der Waals surface area contributed by atoms with Gasteiger partial charge in [0.25, 0.3) is 0 Å². The van der Waals surface area contributed by atoms with Crippen molar-refractivity contribution >= 4 is 11.8 Å². The van der Waals surface area contributed by atoms with Crippen molar-refractivity contribution in [1.82, 2.24) is 4.90 Å². The molecular weight excluding hydrogens is 276 g/mol. The number of hydrogen-bond donors (Lipinski definition) is 1. The summed E-state index contributed by atoms with van der Waals surface area (Å²) in [5, 5.41) is 0. The van der Waals surface area contributed by atoms with Gasteiger partial charge in [0.1, 0.15) is 0 Å². The van der Waals surface area contributed by atoms with Crippen LogP contribution in [-0.4, -0.2) is 29.8 Å². The number of likely N-dealkylation sites (tertiary alicyclic amines) is 1. The minimum absolute atomic E-state index is 0.107. The smallest absolute Gasteiger partial charge is 0.229 e. The Kier molecular flexibility index (Phi) is 5.22. The normalized spacial score (nSPS) is 21.6. The molecule has 0 aliphatic carbocycles. The molecule has 120 valence electrons. The van der Waals surface area contributed by atoms with Gasteiger partial charge in [0, 0.05) is 19.5 Å². The molecule has 1 aromatic carbocycles. The second-order valence-corrected chi connectivity index (χ2v) is 6.80. The van der Waals surface area contributed by atoms with Crippen LogP contribution in [0.2, 0.25) is 0 Å². The number of benzene rings is 1. The number of carbonyl (C=O) groups is 2. The SMILES string of the molecule is CC(C)CC1(CC(N)=O)CCN(CCc2ccccc2)C1=O. The van der Waals surface area contributed by atoms with E-state index >= 15 is 0 Å². The highest BCUT2D eigenvalue weighted by molar-refractivity contribution is 5.90. The van der Waals surface area contributed by atoms with Crippen LogP contribution < -0.4 is 5.73 Å². The third-order valence-electron chi connectivity index (χ3n) is 4.43. The molecule has 2 rings (SSSR count). The molecule has 1 aliphatic rings. The van der Waals surface area contributed by atoms with Crippen LogP contribution in [-0.2, 0) is 16.0 Å². The van der Waals surface area contributed by atoms with Gasteiger partial charge in [-0.25, -0.2) is 0 Å². The molecule has 22 heavy (non-hydrogen) atoms. The minimum atomic E-state index is -0.573. The highest BCUT2D eigenvalue weighted by atomic mass is 16.2. The zero-order chi connectivity index (χ0) is 16.2. The van der Waals surface area contributed by atoms with Crippen molar-refractivity contribution in [3.05, 3.63) is 35.9 Å². The first-order chi connectivity index (χ1) is 10.4. The van der Waals surface area contributed by atoms with E-state index in [0.717, 1.165) is 25.8 Å². The fraction of sp³-hybridized carbons (Fsp3) is 0.556. The van der Waals surface area contributed by atoms with E-state index in [-0.39, 0.29) is 18.2 Å². The van der Waals surface area contributed by atoms with Crippen molar-refractivity contribution in [1.29, 1.82) is 0 Å². The largest absolute Gasteiger partial charge is 0.370 e. The van der Waals surface area contributed by atoms with E-state index < -0.39 is 5.41 Å². The van der Waals surface area contributed by atoms with Gasteiger partial charge in [-0.3, -0.25) is 9.59 Å². The van der Waals surface area contributed by atoms with Gasteiger partial charge in [0.05, 0.1) is 5.41 Å². The Balaban J connectivity index is 2.03. The molecule has 1 heterocycles. The molecule has 4 nitrogen and oxygen atoms in total. The fourth-order valence-electron chi connectivity index (χ4n) is 3.56. The van der Waals surface area contributed by atoms with Crippen LogP contribution in [0.3, 0.4) is 0 Å². The average Bonchev–Trinajstić information content (AvgIpc) is 2.73. The zero-order valence-electron chi connectivity index (χ0n) is 13.5. The van der Waals surface area contributed by atoms with Crippen LogP contribution in [0.25, 0.3) is 0 Å². The van der Waals surface area contributed by atoms with Gasteiger partial charge in [0.2, 0.25) is 11.8 Å². The fourth-order valence-corrected chi connectivity index (χ4v) is 3.56. The lowest BCUT2D eigenvalue weighted by atomic mass is 9.76. The molecule has 0 radical (unpaired) electrons. The van der Waals surface area contributed by atoms with Crippen LogP contribution in [0.1, 0.15) is 38.7 Å². The van der Waals surface area contributed by atoms with E-state index in [4.69, 9.17) is 5.73 Å². The molecule has 4 heteroatoms. The lowest BCUT2D eigenvalue weighted by molar-refractivity contribution is -0.140. The maximum absolute atomic E-state index is 12.8. The first-order valence-corrected chi connectivity index (χ1v) is 8.04. The standard InChI is InChI=1S/C18H26N2O2/c1-14(2)12-18(13-16(19)21)9-11-20(17(18)22)10-8-15-6-4-3-5-7-15/h3-7,14H,8-13H2,1-2H3,(H2,19,21). The highest BCUT2D eigenvalue weighted by Crippen LogP contribution is 2.41. The number of primary amides is 1. The van der Waals surface area contributed by atoms with Gasteiger partial charge in [-0.15, -0.1) is 0 Å². The number of rotatable bonds is 7. The highest BCUT2D eigenvalue weighted by Gasteiger charge is 2.47. The lowest BCUT2D eigenvalue weighted by Gasteiger charge is -2.28. The summed E-state index contributed by atoms with van der Waals surface area (Å²) >= 11 is 0. The Hall–Kier alpha value is -1.84. The van der Waals surface area contributed by atoms with Crippen LogP contribution in [0.5, 0.6) is 0 Å². The molecule has 2 amide bonds. The van der Waals surface area contributed by atoms with E-state index in [1.807, 2.05) is 23.1 Å². The zero-order valence-corrected chi connectivity index (χ0v) is 13.5. The summed E-state index contributed by atoms with van der Waals surface area (Å²) in [7, 11) is 0. The first-order valence-electron chi connectivity index (χ1n) is 8.04. The summed E-state index contributed by atoms with van der Waals surface area (Å²) in [5.74, 6) is 0.104. The Labute approximate surface area is 132 Å². The molecule has 1 aromatic rings. The number of amides is 2. The summed E-state index contributed by atoms with van der Waals surface area (Å²) in [6.45, 7) is 5.61. The maximum Gasteiger partial charge on any atom is 0.229 e. The van der Waals surface area contributed by atoms with E-state index in [9.17, 15) is 9.59 Å². The monoisotopic (exact) mass is 302 g/mol. The third kappa shape index (κ3) is 3.87. The van der Waals surface area contributed by atoms with Crippen molar-refractivity contribution < 1.29 is 9.59 Å². The summed E-state index contributed by atoms with van der Waals surface area (Å²) in [6.07, 6.45) is 2.49. The van der Waals surface area contributed by atoms with Gasteiger partial charge in [-0.05, 0) is 30.7 Å². The quantitative estimate of drug-likeness (QED) is 0.840. The van der Waals surface area contributed by atoms with E-state index in [2.05, 4.69) is 26.0 Å². The second kappa shape index (κ2) is 6.95. The van der Waals surface area contributed by atoms with E-state index in [0.29, 0.717) is 12.5 Å². The molecule has 1 atom stereocenters. The number of nitrogens with two attached hydrogens (primary N) is 1. The van der Waals surface area contributed by atoms with Gasteiger partial charge in [-0.2, -0.15) is 0 Å². The predicted molar refractivity (Wildman–Crippen MR) is 87.0 cm³/mol. The second-order valence-electron chi connectivity index (χ2n) is 6.80. The molecule has 1 unspecified atom stereocenters. The molecule has 0 saturated carbocycles.